The number of hydrogen-bond acceptors (Lipinski definition) is 3. The second kappa shape index (κ2) is 6.12. The maximum Gasteiger partial charge on any atom is 0.232 e. The van der Waals surface area contributed by atoms with Crippen LogP contribution in [0.15, 0.2) is 48.5 Å². The summed E-state index contributed by atoms with van der Waals surface area (Å²) < 4.78 is 5.16. The highest BCUT2D eigenvalue weighted by Crippen LogP contribution is 2.35. The summed E-state index contributed by atoms with van der Waals surface area (Å²) in [5.41, 5.74) is 2.31. The van der Waals surface area contributed by atoms with Gasteiger partial charge in [0.15, 0.2) is 0 Å². The second-order valence-corrected chi connectivity index (χ2v) is 5.49. The highest BCUT2D eigenvalue weighted by molar-refractivity contribution is 6.05. The zero-order chi connectivity index (χ0) is 16.4. The van der Waals surface area contributed by atoms with E-state index < -0.39 is 5.92 Å². The minimum absolute atomic E-state index is 0.0607. The number of anilines is 2. The lowest BCUT2D eigenvalue weighted by Gasteiger charge is -2.30. The number of nitrogens with zero attached hydrogens (tertiary/aromatic N) is 1. The van der Waals surface area contributed by atoms with Gasteiger partial charge in [0.2, 0.25) is 11.8 Å². The average molecular weight is 310 g/mol. The van der Waals surface area contributed by atoms with Gasteiger partial charge in [0.05, 0.1) is 13.0 Å². The Bertz CT molecular complexity index is 757. The Hall–Kier alpha value is -2.82. The molecular weight excluding hydrogens is 292 g/mol. The van der Waals surface area contributed by atoms with Gasteiger partial charge >= 0.3 is 0 Å². The van der Waals surface area contributed by atoms with Crippen molar-refractivity contribution in [3.05, 3.63) is 54.1 Å². The Labute approximate surface area is 134 Å². The summed E-state index contributed by atoms with van der Waals surface area (Å²) in [6.45, 7) is 0. The largest absolute Gasteiger partial charge is 0.497 e. The summed E-state index contributed by atoms with van der Waals surface area (Å²) >= 11 is 0. The molecule has 2 aromatic rings. The lowest BCUT2D eigenvalue weighted by molar-refractivity contribution is -0.124. The van der Waals surface area contributed by atoms with E-state index in [-0.39, 0.29) is 18.2 Å². The van der Waals surface area contributed by atoms with Gasteiger partial charge in [-0.1, -0.05) is 24.3 Å². The summed E-state index contributed by atoms with van der Waals surface area (Å²) in [6.07, 6.45) is 0.170. The van der Waals surface area contributed by atoms with Crippen molar-refractivity contribution in [3.63, 3.8) is 0 Å². The Morgan fingerprint density at radius 3 is 2.78 bits per heavy atom. The number of hydrogen-bond donors (Lipinski definition) is 1. The van der Waals surface area contributed by atoms with Crippen LogP contribution in [0.3, 0.4) is 0 Å². The van der Waals surface area contributed by atoms with Crippen molar-refractivity contribution in [1.82, 2.24) is 0 Å². The maximum absolute atomic E-state index is 12.7. The van der Waals surface area contributed by atoms with E-state index in [0.717, 1.165) is 11.3 Å². The van der Waals surface area contributed by atoms with Crippen LogP contribution in [0.25, 0.3) is 0 Å². The number of carbonyl (C=O) groups is 2. The quantitative estimate of drug-likeness (QED) is 0.948. The predicted octanol–water partition coefficient (Wildman–Crippen LogP) is 2.78. The minimum Gasteiger partial charge on any atom is -0.497 e. The first-order valence-corrected chi connectivity index (χ1v) is 7.40. The van der Waals surface area contributed by atoms with Crippen LogP contribution in [0.1, 0.15) is 17.9 Å². The van der Waals surface area contributed by atoms with Crippen molar-refractivity contribution >= 4 is 23.2 Å². The van der Waals surface area contributed by atoms with E-state index in [1.54, 1.807) is 31.2 Å². The molecule has 0 aromatic heterocycles. The number of amides is 2. The van der Waals surface area contributed by atoms with Gasteiger partial charge < -0.3 is 15.0 Å². The van der Waals surface area contributed by atoms with Crippen molar-refractivity contribution in [2.75, 3.05) is 24.4 Å². The molecule has 1 unspecified atom stereocenters. The molecule has 0 saturated carbocycles. The summed E-state index contributed by atoms with van der Waals surface area (Å²) in [7, 11) is 3.31. The molecule has 23 heavy (non-hydrogen) atoms. The fourth-order valence-electron chi connectivity index (χ4n) is 2.81. The summed E-state index contributed by atoms with van der Waals surface area (Å²) in [5, 5.41) is 2.87. The van der Waals surface area contributed by atoms with E-state index in [4.69, 9.17) is 4.74 Å². The van der Waals surface area contributed by atoms with Crippen molar-refractivity contribution in [2.24, 2.45) is 0 Å². The number of ether oxygens (including phenoxy) is 1. The van der Waals surface area contributed by atoms with Gasteiger partial charge in [-0.2, -0.15) is 0 Å². The molecule has 0 fully saturated rings. The first-order chi connectivity index (χ1) is 11.1. The molecule has 118 valence electrons. The number of benzene rings is 2. The fraction of sp³-hybridized carbons (Fsp3) is 0.222. The van der Waals surface area contributed by atoms with Crippen LogP contribution in [-0.2, 0) is 9.59 Å². The van der Waals surface area contributed by atoms with Gasteiger partial charge in [-0.05, 0) is 23.8 Å². The normalized spacial score (nSPS) is 16.7. The molecule has 0 saturated heterocycles. The third-order valence-corrected chi connectivity index (χ3v) is 4.08. The Balaban J connectivity index is 1.87. The topological polar surface area (TPSA) is 58.6 Å². The van der Waals surface area contributed by atoms with Crippen LogP contribution in [0, 0.1) is 0 Å². The van der Waals surface area contributed by atoms with Crippen LogP contribution in [0.4, 0.5) is 11.4 Å². The zero-order valence-corrected chi connectivity index (χ0v) is 13.1. The molecule has 0 spiro atoms. The first-order valence-electron chi connectivity index (χ1n) is 7.40. The summed E-state index contributed by atoms with van der Waals surface area (Å²) in [6, 6.07) is 14.7. The molecular formula is C18H18N2O3. The standard InChI is InChI=1S/C18H18N2O3/c1-20-16-9-4-3-8-14(16)15(11-17(20)21)18(22)19-12-6-5-7-13(10-12)23-2/h3-10,15H,11H2,1-2H3,(H,19,22). The van der Waals surface area contributed by atoms with E-state index in [0.29, 0.717) is 11.4 Å². The van der Waals surface area contributed by atoms with Crippen LogP contribution < -0.4 is 15.0 Å². The molecule has 0 bridgehead atoms. The number of nitrogens with one attached hydrogen (secondary N) is 1. The Morgan fingerprint density at radius 2 is 2.00 bits per heavy atom. The Kier molecular flexibility index (Phi) is 4.02. The molecule has 1 aliphatic rings. The van der Waals surface area contributed by atoms with Crippen molar-refractivity contribution in [3.8, 4) is 5.75 Å². The number of carbonyl (C=O) groups excluding carboxylic acids is 2. The smallest absolute Gasteiger partial charge is 0.232 e. The van der Waals surface area contributed by atoms with E-state index in [2.05, 4.69) is 5.32 Å². The number of rotatable bonds is 3. The highest BCUT2D eigenvalue weighted by atomic mass is 16.5. The molecule has 1 N–H and O–H groups in total. The molecule has 0 aliphatic carbocycles. The van der Waals surface area contributed by atoms with Crippen molar-refractivity contribution < 1.29 is 14.3 Å². The van der Waals surface area contributed by atoms with Crippen LogP contribution in [-0.4, -0.2) is 26.0 Å². The van der Waals surface area contributed by atoms with Crippen LogP contribution >= 0.6 is 0 Å². The number of para-hydroxylation sites is 1. The maximum atomic E-state index is 12.7. The minimum atomic E-state index is -0.485. The molecule has 1 atom stereocenters. The highest BCUT2D eigenvalue weighted by Gasteiger charge is 2.33. The monoisotopic (exact) mass is 310 g/mol. The molecule has 5 heteroatoms. The molecule has 1 aliphatic heterocycles. The summed E-state index contributed by atoms with van der Waals surface area (Å²) in [4.78, 5) is 26.4. The van der Waals surface area contributed by atoms with Crippen LogP contribution in [0.5, 0.6) is 5.75 Å². The lowest BCUT2D eigenvalue weighted by atomic mass is 9.89. The van der Waals surface area contributed by atoms with Crippen molar-refractivity contribution in [2.45, 2.75) is 12.3 Å². The first kappa shape index (κ1) is 15.1. The Morgan fingerprint density at radius 1 is 1.22 bits per heavy atom. The SMILES string of the molecule is COc1cccc(NC(=O)C2CC(=O)N(C)c3ccccc32)c1. The van der Waals surface area contributed by atoms with Gasteiger partial charge in [0.1, 0.15) is 5.75 Å². The summed E-state index contributed by atoms with van der Waals surface area (Å²) in [5.74, 6) is -0.0644. The average Bonchev–Trinajstić information content (AvgIpc) is 2.58. The van der Waals surface area contributed by atoms with Gasteiger partial charge in [-0.25, -0.2) is 0 Å². The van der Waals surface area contributed by atoms with Gasteiger partial charge in [0.25, 0.3) is 0 Å². The molecule has 3 rings (SSSR count). The molecule has 0 radical (unpaired) electrons. The molecule has 2 amide bonds. The fourth-order valence-corrected chi connectivity index (χ4v) is 2.81. The van der Waals surface area contributed by atoms with E-state index in [9.17, 15) is 9.59 Å². The molecule has 5 nitrogen and oxygen atoms in total. The zero-order valence-electron chi connectivity index (χ0n) is 13.1. The predicted molar refractivity (Wildman–Crippen MR) is 88.8 cm³/mol. The third kappa shape index (κ3) is 2.90. The lowest BCUT2D eigenvalue weighted by Crippen LogP contribution is -2.37. The number of fused-ring (bicyclic) bond motifs is 1. The second-order valence-electron chi connectivity index (χ2n) is 5.49. The molecule has 1 heterocycles. The van der Waals surface area contributed by atoms with E-state index in [1.807, 2.05) is 36.4 Å². The van der Waals surface area contributed by atoms with Gasteiger partial charge in [-0.15, -0.1) is 0 Å². The van der Waals surface area contributed by atoms with Gasteiger partial charge in [-0.3, -0.25) is 9.59 Å². The number of methoxy groups -OCH3 is 1. The van der Waals surface area contributed by atoms with E-state index >= 15 is 0 Å². The van der Waals surface area contributed by atoms with Crippen molar-refractivity contribution in [1.29, 1.82) is 0 Å². The van der Waals surface area contributed by atoms with Gasteiger partial charge in [0, 0.05) is 30.9 Å². The van der Waals surface area contributed by atoms with Crippen LogP contribution in [0.2, 0.25) is 0 Å². The molecule has 2 aromatic carbocycles. The van der Waals surface area contributed by atoms with E-state index in [1.165, 1.54) is 0 Å². The third-order valence-electron chi connectivity index (χ3n) is 4.08.